The van der Waals surface area contributed by atoms with Crippen molar-refractivity contribution in [1.82, 2.24) is 0 Å². The molecule has 1 saturated heterocycles. The Morgan fingerprint density at radius 1 is 1.50 bits per heavy atom. The Balaban J connectivity index is 2.19. The molecule has 1 aliphatic rings. The van der Waals surface area contributed by atoms with E-state index in [2.05, 4.69) is 9.99 Å². The maximum Gasteiger partial charge on any atom is 0.106 e. The van der Waals surface area contributed by atoms with Crippen molar-refractivity contribution in [1.29, 1.82) is 0 Å². The van der Waals surface area contributed by atoms with Gasteiger partial charge in [0.1, 0.15) is 7.11 Å². The van der Waals surface area contributed by atoms with Crippen molar-refractivity contribution in [3.05, 3.63) is 0 Å². The van der Waals surface area contributed by atoms with Gasteiger partial charge in [-0.2, -0.15) is 0 Å². The van der Waals surface area contributed by atoms with E-state index >= 15 is 0 Å². The summed E-state index contributed by atoms with van der Waals surface area (Å²) in [6, 6.07) is 0. The highest BCUT2D eigenvalue weighted by atomic mass is 16.6. The Labute approximate surface area is 61.0 Å². The molecular weight excluding hydrogens is 130 g/mol. The van der Waals surface area contributed by atoms with Crippen LogP contribution in [0.1, 0.15) is 12.8 Å². The molecule has 10 heavy (non-hydrogen) atoms. The first-order valence-corrected chi connectivity index (χ1v) is 3.58. The third kappa shape index (κ3) is 2.35. The summed E-state index contributed by atoms with van der Waals surface area (Å²) >= 11 is 0. The minimum absolute atomic E-state index is 0.564. The van der Waals surface area contributed by atoms with E-state index in [0.717, 1.165) is 26.1 Å². The molecule has 0 unspecified atom stereocenters. The fourth-order valence-electron chi connectivity index (χ4n) is 1.01. The van der Waals surface area contributed by atoms with Crippen LogP contribution in [0.5, 0.6) is 0 Å². The molecule has 1 fully saturated rings. The lowest BCUT2D eigenvalue weighted by Gasteiger charge is -2.17. The Kier molecular flexibility index (Phi) is 3.22. The van der Waals surface area contributed by atoms with Gasteiger partial charge >= 0.3 is 0 Å². The van der Waals surface area contributed by atoms with Gasteiger partial charge in [0.15, 0.2) is 0 Å². The van der Waals surface area contributed by atoms with Crippen molar-refractivity contribution in [2.24, 2.45) is 11.1 Å². The van der Waals surface area contributed by atoms with Crippen LogP contribution in [-0.2, 0) is 9.57 Å². The van der Waals surface area contributed by atoms with E-state index in [0.29, 0.717) is 5.92 Å². The first-order chi connectivity index (χ1) is 4.93. The second kappa shape index (κ2) is 4.28. The molecule has 0 bridgehead atoms. The van der Waals surface area contributed by atoms with E-state index in [9.17, 15) is 0 Å². The SMILES string of the molecule is CON=CC1CCOCC1. The van der Waals surface area contributed by atoms with Gasteiger partial charge in [-0.1, -0.05) is 5.16 Å². The summed E-state index contributed by atoms with van der Waals surface area (Å²) in [6.45, 7) is 1.72. The van der Waals surface area contributed by atoms with Crippen molar-refractivity contribution < 1.29 is 9.57 Å². The van der Waals surface area contributed by atoms with Gasteiger partial charge in [-0.05, 0) is 12.8 Å². The number of oxime groups is 1. The highest BCUT2D eigenvalue weighted by Crippen LogP contribution is 2.11. The quantitative estimate of drug-likeness (QED) is 0.427. The molecule has 0 aliphatic carbocycles. The summed E-state index contributed by atoms with van der Waals surface area (Å²) in [7, 11) is 1.57. The molecular formula is C7H13NO2. The minimum atomic E-state index is 0.564. The molecule has 1 aliphatic heterocycles. The predicted octanol–water partition coefficient (Wildman–Crippen LogP) is 1.05. The van der Waals surface area contributed by atoms with Crippen molar-refractivity contribution in [3.63, 3.8) is 0 Å². The molecule has 0 aromatic rings. The van der Waals surface area contributed by atoms with Crippen molar-refractivity contribution in [3.8, 4) is 0 Å². The van der Waals surface area contributed by atoms with Crippen LogP contribution in [0.2, 0.25) is 0 Å². The van der Waals surface area contributed by atoms with Crippen LogP contribution in [-0.4, -0.2) is 26.5 Å². The Bertz CT molecular complexity index is 108. The number of rotatable bonds is 2. The summed E-state index contributed by atoms with van der Waals surface area (Å²) in [5, 5.41) is 3.71. The zero-order valence-corrected chi connectivity index (χ0v) is 6.25. The van der Waals surface area contributed by atoms with Crippen molar-refractivity contribution >= 4 is 6.21 Å². The fourth-order valence-corrected chi connectivity index (χ4v) is 1.01. The number of hydrogen-bond donors (Lipinski definition) is 0. The van der Waals surface area contributed by atoms with Crippen molar-refractivity contribution in [2.75, 3.05) is 20.3 Å². The first kappa shape index (κ1) is 7.54. The molecule has 1 heterocycles. The maximum atomic E-state index is 5.18. The van der Waals surface area contributed by atoms with Gasteiger partial charge in [0.05, 0.1) is 0 Å². The summed E-state index contributed by atoms with van der Waals surface area (Å²) in [5.41, 5.74) is 0. The predicted molar refractivity (Wildman–Crippen MR) is 39.0 cm³/mol. The number of ether oxygens (including phenoxy) is 1. The summed E-state index contributed by atoms with van der Waals surface area (Å²) in [6.07, 6.45) is 4.02. The van der Waals surface area contributed by atoms with Crippen LogP contribution in [0.15, 0.2) is 5.16 Å². The second-order valence-corrected chi connectivity index (χ2v) is 2.39. The number of nitrogens with zero attached hydrogens (tertiary/aromatic N) is 1. The van der Waals surface area contributed by atoms with Crippen LogP contribution in [0.3, 0.4) is 0 Å². The smallest absolute Gasteiger partial charge is 0.106 e. The van der Waals surface area contributed by atoms with Gasteiger partial charge in [-0.25, -0.2) is 0 Å². The maximum absolute atomic E-state index is 5.18. The van der Waals surface area contributed by atoms with E-state index in [1.807, 2.05) is 6.21 Å². The minimum Gasteiger partial charge on any atom is -0.399 e. The Morgan fingerprint density at radius 3 is 2.80 bits per heavy atom. The zero-order chi connectivity index (χ0) is 7.23. The summed E-state index contributed by atoms with van der Waals surface area (Å²) in [4.78, 5) is 4.57. The lowest BCUT2D eigenvalue weighted by atomic mass is 10.0. The highest BCUT2D eigenvalue weighted by molar-refractivity contribution is 5.59. The summed E-state index contributed by atoms with van der Waals surface area (Å²) in [5.74, 6) is 0.564. The molecule has 0 atom stereocenters. The van der Waals surface area contributed by atoms with Crippen LogP contribution < -0.4 is 0 Å². The topological polar surface area (TPSA) is 30.8 Å². The van der Waals surface area contributed by atoms with E-state index < -0.39 is 0 Å². The molecule has 58 valence electrons. The van der Waals surface area contributed by atoms with E-state index in [1.165, 1.54) is 0 Å². The van der Waals surface area contributed by atoms with Gasteiger partial charge in [-0.3, -0.25) is 0 Å². The van der Waals surface area contributed by atoms with Crippen LogP contribution in [0.4, 0.5) is 0 Å². The standard InChI is InChI=1S/C7H13NO2/c1-9-8-6-7-2-4-10-5-3-7/h6-7H,2-5H2,1H3. The molecule has 0 radical (unpaired) electrons. The first-order valence-electron chi connectivity index (χ1n) is 3.58. The molecule has 3 heteroatoms. The fraction of sp³-hybridized carbons (Fsp3) is 0.857. The highest BCUT2D eigenvalue weighted by Gasteiger charge is 2.10. The van der Waals surface area contributed by atoms with Gasteiger partial charge < -0.3 is 9.57 Å². The third-order valence-electron chi connectivity index (χ3n) is 1.64. The van der Waals surface area contributed by atoms with Gasteiger partial charge in [0.25, 0.3) is 0 Å². The second-order valence-electron chi connectivity index (χ2n) is 2.39. The van der Waals surface area contributed by atoms with E-state index in [-0.39, 0.29) is 0 Å². The van der Waals surface area contributed by atoms with Gasteiger partial charge in [-0.15, -0.1) is 0 Å². The lowest BCUT2D eigenvalue weighted by molar-refractivity contribution is 0.0827. The molecule has 1 rings (SSSR count). The van der Waals surface area contributed by atoms with Crippen molar-refractivity contribution in [2.45, 2.75) is 12.8 Å². The van der Waals surface area contributed by atoms with Crippen LogP contribution in [0.25, 0.3) is 0 Å². The molecule has 0 N–H and O–H groups in total. The number of hydrogen-bond acceptors (Lipinski definition) is 3. The normalized spacial score (nSPS) is 21.7. The van der Waals surface area contributed by atoms with Gasteiger partial charge in [0, 0.05) is 25.3 Å². The van der Waals surface area contributed by atoms with E-state index in [1.54, 1.807) is 7.11 Å². The zero-order valence-electron chi connectivity index (χ0n) is 6.25. The average Bonchev–Trinajstić information content (AvgIpc) is 2.03. The molecule has 0 amide bonds. The monoisotopic (exact) mass is 143 g/mol. The lowest BCUT2D eigenvalue weighted by Crippen LogP contribution is -2.16. The molecule has 0 saturated carbocycles. The average molecular weight is 143 g/mol. The Morgan fingerprint density at radius 2 is 2.20 bits per heavy atom. The van der Waals surface area contributed by atoms with Crippen LogP contribution in [0, 0.1) is 5.92 Å². The Hall–Kier alpha value is -0.570. The largest absolute Gasteiger partial charge is 0.399 e. The summed E-state index contributed by atoms with van der Waals surface area (Å²) < 4.78 is 5.18. The van der Waals surface area contributed by atoms with E-state index in [4.69, 9.17) is 4.74 Å². The third-order valence-corrected chi connectivity index (χ3v) is 1.64. The molecule has 3 nitrogen and oxygen atoms in total. The van der Waals surface area contributed by atoms with Crippen LogP contribution >= 0.6 is 0 Å². The van der Waals surface area contributed by atoms with Gasteiger partial charge in [0.2, 0.25) is 0 Å². The molecule has 0 aromatic heterocycles. The molecule has 0 aromatic carbocycles. The molecule has 0 spiro atoms.